The van der Waals surface area contributed by atoms with Gasteiger partial charge in [0.1, 0.15) is 0 Å². The van der Waals surface area contributed by atoms with Gasteiger partial charge in [-0.15, -0.1) is 12.4 Å². The first kappa shape index (κ1) is 15.5. The average Bonchev–Trinajstić information content (AvgIpc) is 3.05. The van der Waals surface area contributed by atoms with Crippen LogP contribution in [0.3, 0.4) is 0 Å². The van der Waals surface area contributed by atoms with Gasteiger partial charge in [0.2, 0.25) is 0 Å². The fourth-order valence-corrected chi connectivity index (χ4v) is 2.13. The van der Waals surface area contributed by atoms with Crippen molar-refractivity contribution in [2.24, 2.45) is 0 Å². The molecule has 0 aromatic carbocycles. The van der Waals surface area contributed by atoms with Crippen molar-refractivity contribution in [2.45, 2.75) is 65.0 Å². The third kappa shape index (κ3) is 3.99. The molecule has 4 heteroatoms. The van der Waals surface area contributed by atoms with Gasteiger partial charge in [-0.05, 0) is 45.7 Å². The van der Waals surface area contributed by atoms with Crippen molar-refractivity contribution < 1.29 is 0 Å². The van der Waals surface area contributed by atoms with Gasteiger partial charge in [-0.1, -0.05) is 13.3 Å². The molecule has 1 fully saturated rings. The molecule has 0 amide bonds. The third-order valence-corrected chi connectivity index (χ3v) is 3.33. The van der Waals surface area contributed by atoms with Crippen molar-refractivity contribution in [3.63, 3.8) is 0 Å². The molecular formula is C14H26ClN3. The summed E-state index contributed by atoms with van der Waals surface area (Å²) in [7, 11) is 0. The number of nitrogens with zero attached hydrogens (tertiary/aromatic N) is 2. The highest BCUT2D eigenvalue weighted by molar-refractivity contribution is 5.85. The summed E-state index contributed by atoms with van der Waals surface area (Å²) in [4.78, 5) is 0. The van der Waals surface area contributed by atoms with E-state index in [-0.39, 0.29) is 12.4 Å². The van der Waals surface area contributed by atoms with Crippen molar-refractivity contribution in [3.05, 3.63) is 17.5 Å². The largest absolute Gasteiger partial charge is 0.311 e. The van der Waals surface area contributed by atoms with Crippen LogP contribution in [0, 0.1) is 0 Å². The van der Waals surface area contributed by atoms with E-state index in [0.717, 1.165) is 19.0 Å². The summed E-state index contributed by atoms with van der Waals surface area (Å²) in [6.07, 6.45) is 5.17. The van der Waals surface area contributed by atoms with E-state index in [4.69, 9.17) is 5.10 Å². The van der Waals surface area contributed by atoms with Gasteiger partial charge in [0.25, 0.3) is 0 Å². The molecule has 2 rings (SSSR count). The smallest absolute Gasteiger partial charge is 0.0659 e. The summed E-state index contributed by atoms with van der Waals surface area (Å²) >= 11 is 0. The SMILES string of the molecule is CCCCNCc1cc(C2CC2)nn1C(C)C.Cl. The first-order chi connectivity index (χ1) is 8.22. The maximum atomic E-state index is 4.75. The van der Waals surface area contributed by atoms with Gasteiger partial charge in [0.05, 0.1) is 11.4 Å². The molecule has 3 nitrogen and oxygen atoms in total. The van der Waals surface area contributed by atoms with Gasteiger partial charge in [0.15, 0.2) is 0 Å². The van der Waals surface area contributed by atoms with Crippen molar-refractivity contribution in [2.75, 3.05) is 6.54 Å². The van der Waals surface area contributed by atoms with Gasteiger partial charge < -0.3 is 5.32 Å². The number of aromatic nitrogens is 2. The van der Waals surface area contributed by atoms with Crippen LogP contribution >= 0.6 is 12.4 Å². The minimum atomic E-state index is 0. The van der Waals surface area contributed by atoms with Crippen molar-refractivity contribution in [1.82, 2.24) is 15.1 Å². The van der Waals surface area contributed by atoms with Gasteiger partial charge in [-0.3, -0.25) is 4.68 Å². The molecule has 0 aliphatic heterocycles. The van der Waals surface area contributed by atoms with Crippen molar-refractivity contribution in [3.8, 4) is 0 Å². The second-order valence-corrected chi connectivity index (χ2v) is 5.40. The zero-order chi connectivity index (χ0) is 12.3. The van der Waals surface area contributed by atoms with Crippen LogP contribution < -0.4 is 5.32 Å². The van der Waals surface area contributed by atoms with Crippen LogP contribution in [-0.2, 0) is 6.54 Å². The second-order valence-electron chi connectivity index (χ2n) is 5.40. The molecule has 1 aromatic rings. The quantitative estimate of drug-likeness (QED) is 0.767. The van der Waals surface area contributed by atoms with E-state index in [0.29, 0.717) is 6.04 Å². The summed E-state index contributed by atoms with van der Waals surface area (Å²) in [5.41, 5.74) is 2.66. The van der Waals surface area contributed by atoms with Crippen molar-refractivity contribution >= 4 is 12.4 Å². The number of nitrogens with one attached hydrogen (secondary N) is 1. The van der Waals surface area contributed by atoms with Crippen molar-refractivity contribution in [1.29, 1.82) is 0 Å². The maximum absolute atomic E-state index is 4.75. The molecule has 1 aromatic heterocycles. The van der Waals surface area contributed by atoms with Crippen LogP contribution in [0.5, 0.6) is 0 Å². The molecule has 18 heavy (non-hydrogen) atoms. The maximum Gasteiger partial charge on any atom is 0.0659 e. The van der Waals surface area contributed by atoms with Crippen LogP contribution in [0.15, 0.2) is 6.07 Å². The summed E-state index contributed by atoms with van der Waals surface area (Å²) in [5, 5.41) is 8.26. The first-order valence-corrected chi connectivity index (χ1v) is 7.01. The molecule has 1 aliphatic carbocycles. The molecule has 104 valence electrons. The van der Waals surface area contributed by atoms with E-state index in [9.17, 15) is 0 Å². The Labute approximate surface area is 117 Å². The van der Waals surface area contributed by atoms with Crippen LogP contribution in [0.1, 0.15) is 69.8 Å². The highest BCUT2D eigenvalue weighted by Gasteiger charge is 2.27. The normalized spacial score (nSPS) is 14.9. The number of halogens is 1. The molecule has 1 heterocycles. The van der Waals surface area contributed by atoms with Gasteiger partial charge in [-0.25, -0.2) is 0 Å². The highest BCUT2D eigenvalue weighted by atomic mass is 35.5. The Balaban J connectivity index is 0.00000162. The summed E-state index contributed by atoms with van der Waals surface area (Å²) in [6.45, 7) is 8.71. The Morgan fingerprint density at radius 3 is 2.72 bits per heavy atom. The molecule has 1 N–H and O–H groups in total. The molecule has 0 atom stereocenters. The standard InChI is InChI=1S/C14H25N3.ClH/c1-4-5-8-15-10-13-9-14(12-6-7-12)16-17(13)11(2)3;/h9,11-12,15H,4-8,10H2,1-3H3;1H. The lowest BCUT2D eigenvalue weighted by Crippen LogP contribution is -2.18. The van der Waals surface area contributed by atoms with E-state index in [1.165, 1.54) is 37.1 Å². The molecule has 0 bridgehead atoms. The Morgan fingerprint density at radius 1 is 1.44 bits per heavy atom. The Morgan fingerprint density at radius 2 is 2.17 bits per heavy atom. The first-order valence-electron chi connectivity index (χ1n) is 7.01. The predicted octanol–water partition coefficient (Wildman–Crippen LogP) is 3.65. The van der Waals surface area contributed by atoms with Gasteiger partial charge in [0, 0.05) is 18.5 Å². The molecule has 0 spiro atoms. The molecule has 1 aliphatic rings. The van der Waals surface area contributed by atoms with E-state index in [1.54, 1.807) is 0 Å². The Hall–Kier alpha value is -0.540. The molecule has 0 unspecified atom stereocenters. The Bertz CT molecular complexity index is 356. The molecule has 0 radical (unpaired) electrons. The zero-order valence-electron chi connectivity index (χ0n) is 11.8. The lowest BCUT2D eigenvalue weighted by Gasteiger charge is -2.11. The van der Waals surface area contributed by atoms with E-state index >= 15 is 0 Å². The number of unbranched alkanes of at least 4 members (excludes halogenated alkanes) is 1. The summed E-state index contributed by atoms with van der Waals surface area (Å²) < 4.78 is 2.19. The lowest BCUT2D eigenvalue weighted by molar-refractivity contribution is 0.490. The van der Waals surface area contributed by atoms with E-state index < -0.39 is 0 Å². The van der Waals surface area contributed by atoms with Crippen LogP contribution in [0.4, 0.5) is 0 Å². The fourth-order valence-electron chi connectivity index (χ4n) is 2.13. The minimum absolute atomic E-state index is 0. The topological polar surface area (TPSA) is 29.9 Å². The molecule has 0 saturated heterocycles. The summed E-state index contributed by atoms with van der Waals surface area (Å²) in [6, 6.07) is 2.77. The van der Waals surface area contributed by atoms with Gasteiger partial charge >= 0.3 is 0 Å². The minimum Gasteiger partial charge on any atom is -0.311 e. The van der Waals surface area contributed by atoms with Gasteiger partial charge in [-0.2, -0.15) is 5.10 Å². The van der Waals surface area contributed by atoms with Crippen LogP contribution in [-0.4, -0.2) is 16.3 Å². The second kappa shape index (κ2) is 7.15. The third-order valence-electron chi connectivity index (χ3n) is 3.33. The number of hydrogen-bond acceptors (Lipinski definition) is 2. The Kier molecular flexibility index (Phi) is 6.16. The van der Waals surface area contributed by atoms with E-state index in [1.807, 2.05) is 0 Å². The monoisotopic (exact) mass is 271 g/mol. The molecule has 1 saturated carbocycles. The lowest BCUT2D eigenvalue weighted by atomic mass is 10.2. The number of rotatable bonds is 7. The summed E-state index contributed by atoms with van der Waals surface area (Å²) in [5.74, 6) is 0.754. The zero-order valence-corrected chi connectivity index (χ0v) is 12.6. The van der Waals surface area contributed by atoms with Crippen LogP contribution in [0.2, 0.25) is 0 Å². The fraction of sp³-hybridized carbons (Fsp3) is 0.786. The molecular weight excluding hydrogens is 246 g/mol. The van der Waals surface area contributed by atoms with E-state index in [2.05, 4.69) is 36.8 Å². The number of hydrogen-bond donors (Lipinski definition) is 1. The van der Waals surface area contributed by atoms with Crippen LogP contribution in [0.25, 0.3) is 0 Å². The highest BCUT2D eigenvalue weighted by Crippen LogP contribution is 2.39. The average molecular weight is 272 g/mol. The predicted molar refractivity (Wildman–Crippen MR) is 78.4 cm³/mol.